The van der Waals surface area contributed by atoms with Gasteiger partial charge < -0.3 is 4.74 Å². The fourth-order valence-electron chi connectivity index (χ4n) is 2.44. The molecule has 120 valence electrons. The average molecular weight is 318 g/mol. The van der Waals surface area contributed by atoms with Gasteiger partial charge in [0.15, 0.2) is 0 Å². The van der Waals surface area contributed by atoms with Crippen molar-refractivity contribution in [3.05, 3.63) is 77.4 Å². The molecule has 3 aromatic carbocycles. The van der Waals surface area contributed by atoms with Crippen LogP contribution in [0.5, 0.6) is 5.75 Å². The van der Waals surface area contributed by atoms with Crippen molar-refractivity contribution in [1.29, 1.82) is 0 Å². The smallest absolute Gasteiger partial charge is 0.275 e. The number of fused-ring (bicyclic) bond motifs is 1. The average Bonchev–Trinajstić information content (AvgIpc) is 2.62. The summed E-state index contributed by atoms with van der Waals surface area (Å²) in [5.41, 5.74) is 5.11. The Bertz CT molecular complexity index is 899. The van der Waals surface area contributed by atoms with E-state index in [1.165, 1.54) is 5.56 Å². The predicted molar refractivity (Wildman–Crippen MR) is 96.7 cm³/mol. The Hall–Kier alpha value is -3.14. The third-order valence-corrected chi connectivity index (χ3v) is 3.77. The third kappa shape index (κ3) is 3.43. The summed E-state index contributed by atoms with van der Waals surface area (Å²) in [6.07, 6.45) is 1.62. The molecule has 0 saturated heterocycles. The quantitative estimate of drug-likeness (QED) is 0.585. The summed E-state index contributed by atoms with van der Waals surface area (Å²) in [7, 11) is 1.55. The first kappa shape index (κ1) is 15.7. The number of hydrazone groups is 1. The Morgan fingerprint density at radius 3 is 2.38 bits per heavy atom. The molecule has 3 aromatic rings. The Morgan fingerprint density at radius 1 is 1.04 bits per heavy atom. The maximum atomic E-state index is 12.4. The number of nitrogens with one attached hydrogen (secondary N) is 1. The molecule has 0 aliphatic heterocycles. The molecule has 0 aliphatic rings. The number of methoxy groups -OCH3 is 1. The molecular weight excluding hydrogens is 300 g/mol. The van der Waals surface area contributed by atoms with Gasteiger partial charge in [-0.1, -0.05) is 54.1 Å². The molecule has 0 heterocycles. The van der Waals surface area contributed by atoms with Crippen LogP contribution in [0.3, 0.4) is 0 Å². The second-order valence-electron chi connectivity index (χ2n) is 5.51. The van der Waals surface area contributed by atoms with E-state index >= 15 is 0 Å². The van der Waals surface area contributed by atoms with E-state index in [0.717, 1.165) is 16.3 Å². The van der Waals surface area contributed by atoms with Gasteiger partial charge in [-0.05, 0) is 35.4 Å². The summed E-state index contributed by atoms with van der Waals surface area (Å²) < 4.78 is 5.34. The normalized spacial score (nSPS) is 10.9. The van der Waals surface area contributed by atoms with Gasteiger partial charge in [0, 0.05) is 0 Å². The van der Waals surface area contributed by atoms with Gasteiger partial charge in [-0.3, -0.25) is 4.79 Å². The van der Waals surface area contributed by atoms with Gasteiger partial charge >= 0.3 is 0 Å². The highest BCUT2D eigenvalue weighted by Crippen LogP contribution is 2.25. The Balaban J connectivity index is 1.81. The molecule has 0 aromatic heterocycles. The fourth-order valence-corrected chi connectivity index (χ4v) is 2.44. The third-order valence-electron chi connectivity index (χ3n) is 3.77. The van der Waals surface area contributed by atoms with E-state index in [2.05, 4.69) is 10.5 Å². The number of hydrogen-bond donors (Lipinski definition) is 1. The lowest BCUT2D eigenvalue weighted by Gasteiger charge is -2.09. The van der Waals surface area contributed by atoms with Crippen LogP contribution in [0.2, 0.25) is 0 Å². The Labute approximate surface area is 140 Å². The lowest BCUT2D eigenvalue weighted by molar-refractivity contribution is 0.0952. The first-order valence-electron chi connectivity index (χ1n) is 7.64. The van der Waals surface area contributed by atoms with Crippen LogP contribution in [-0.4, -0.2) is 19.2 Å². The van der Waals surface area contributed by atoms with Crippen LogP contribution < -0.4 is 10.2 Å². The van der Waals surface area contributed by atoms with Crippen molar-refractivity contribution in [2.24, 2.45) is 5.10 Å². The summed E-state index contributed by atoms with van der Waals surface area (Å²) in [6, 6.07) is 19.4. The van der Waals surface area contributed by atoms with Crippen molar-refractivity contribution in [3.8, 4) is 5.75 Å². The molecule has 0 bridgehead atoms. The van der Waals surface area contributed by atoms with E-state index in [0.29, 0.717) is 11.3 Å². The van der Waals surface area contributed by atoms with Gasteiger partial charge in [0.25, 0.3) is 5.91 Å². The molecule has 0 radical (unpaired) electrons. The van der Waals surface area contributed by atoms with Gasteiger partial charge in [0.05, 0.1) is 18.9 Å². The van der Waals surface area contributed by atoms with Crippen molar-refractivity contribution in [2.45, 2.75) is 6.92 Å². The lowest BCUT2D eigenvalue weighted by Crippen LogP contribution is -2.18. The van der Waals surface area contributed by atoms with Crippen molar-refractivity contribution in [1.82, 2.24) is 5.43 Å². The highest BCUT2D eigenvalue weighted by molar-refractivity contribution is 6.01. The zero-order chi connectivity index (χ0) is 16.9. The van der Waals surface area contributed by atoms with Crippen molar-refractivity contribution < 1.29 is 9.53 Å². The molecule has 0 unspecified atom stereocenters. The molecule has 24 heavy (non-hydrogen) atoms. The molecule has 0 saturated carbocycles. The number of nitrogens with zero attached hydrogens (tertiary/aromatic N) is 1. The van der Waals surface area contributed by atoms with Crippen LogP contribution in [0.1, 0.15) is 21.5 Å². The second kappa shape index (κ2) is 6.96. The largest absolute Gasteiger partial charge is 0.496 e. The number of ether oxygens (including phenoxy) is 1. The Kier molecular flexibility index (Phi) is 4.57. The van der Waals surface area contributed by atoms with E-state index in [1.807, 2.05) is 67.6 Å². The number of amides is 1. The number of aryl methyl sites for hydroxylation is 1. The van der Waals surface area contributed by atoms with Crippen molar-refractivity contribution in [3.63, 3.8) is 0 Å². The topological polar surface area (TPSA) is 50.7 Å². The number of hydrogen-bond acceptors (Lipinski definition) is 3. The molecule has 0 atom stereocenters. The van der Waals surface area contributed by atoms with Gasteiger partial charge in [-0.25, -0.2) is 5.43 Å². The van der Waals surface area contributed by atoms with Crippen molar-refractivity contribution in [2.75, 3.05) is 7.11 Å². The van der Waals surface area contributed by atoms with Crippen LogP contribution in [0.25, 0.3) is 10.8 Å². The molecule has 0 spiro atoms. The first-order valence-corrected chi connectivity index (χ1v) is 7.64. The minimum atomic E-state index is -0.305. The van der Waals surface area contributed by atoms with E-state index in [9.17, 15) is 4.79 Å². The molecule has 1 N–H and O–H groups in total. The van der Waals surface area contributed by atoms with Crippen LogP contribution in [-0.2, 0) is 0 Å². The molecule has 4 nitrogen and oxygen atoms in total. The predicted octanol–water partition coefficient (Wildman–Crippen LogP) is 3.92. The summed E-state index contributed by atoms with van der Waals surface area (Å²) in [5, 5.41) is 6.02. The summed E-state index contributed by atoms with van der Waals surface area (Å²) >= 11 is 0. The van der Waals surface area contributed by atoms with Crippen LogP contribution >= 0.6 is 0 Å². The van der Waals surface area contributed by atoms with Gasteiger partial charge in [-0.15, -0.1) is 0 Å². The summed E-state index contributed by atoms with van der Waals surface area (Å²) in [5.74, 6) is 0.220. The monoisotopic (exact) mass is 318 g/mol. The van der Waals surface area contributed by atoms with Crippen LogP contribution in [0, 0.1) is 6.92 Å². The number of rotatable bonds is 4. The molecule has 3 rings (SSSR count). The highest BCUT2D eigenvalue weighted by Gasteiger charge is 2.13. The number of benzene rings is 3. The van der Waals surface area contributed by atoms with Gasteiger partial charge in [0.2, 0.25) is 0 Å². The van der Waals surface area contributed by atoms with E-state index in [1.54, 1.807) is 13.3 Å². The van der Waals surface area contributed by atoms with E-state index in [-0.39, 0.29) is 5.91 Å². The van der Waals surface area contributed by atoms with Crippen molar-refractivity contribution >= 4 is 22.9 Å². The highest BCUT2D eigenvalue weighted by atomic mass is 16.5. The minimum Gasteiger partial charge on any atom is -0.496 e. The maximum Gasteiger partial charge on any atom is 0.275 e. The zero-order valence-electron chi connectivity index (χ0n) is 13.6. The molecule has 4 heteroatoms. The molecule has 1 amide bonds. The first-order chi connectivity index (χ1) is 11.7. The second-order valence-corrected chi connectivity index (χ2v) is 5.51. The summed E-state index contributed by atoms with van der Waals surface area (Å²) in [6.45, 7) is 2.02. The standard InChI is InChI=1S/C20H18N2O2/c1-14-7-9-15(10-8-14)13-21-22-20(23)18-11-16-5-3-4-6-17(16)12-19(18)24-2/h3-13H,1-2H3,(H,22,23). The number of carbonyl (C=O) groups is 1. The summed E-state index contributed by atoms with van der Waals surface area (Å²) in [4.78, 5) is 12.4. The van der Waals surface area contributed by atoms with E-state index in [4.69, 9.17) is 4.74 Å². The SMILES string of the molecule is COc1cc2ccccc2cc1C(=O)NN=Cc1ccc(C)cc1. The van der Waals surface area contributed by atoms with Gasteiger partial charge in [0.1, 0.15) is 5.75 Å². The molecular formula is C20H18N2O2. The van der Waals surface area contributed by atoms with Crippen LogP contribution in [0.4, 0.5) is 0 Å². The minimum absolute atomic E-state index is 0.305. The van der Waals surface area contributed by atoms with Crippen LogP contribution in [0.15, 0.2) is 65.8 Å². The lowest BCUT2D eigenvalue weighted by atomic mass is 10.1. The van der Waals surface area contributed by atoms with E-state index < -0.39 is 0 Å². The molecule has 0 aliphatic carbocycles. The molecule has 0 fully saturated rings. The maximum absolute atomic E-state index is 12.4. The number of carbonyl (C=O) groups excluding carboxylic acids is 1. The fraction of sp³-hybridized carbons (Fsp3) is 0.100. The zero-order valence-corrected chi connectivity index (χ0v) is 13.6. The van der Waals surface area contributed by atoms with Gasteiger partial charge in [-0.2, -0.15) is 5.10 Å². The Morgan fingerprint density at radius 2 is 1.71 bits per heavy atom.